The molecule has 1 amide bonds. The highest BCUT2D eigenvalue weighted by atomic mass is 35.5. The molecule has 1 N–H and O–H groups in total. The lowest BCUT2D eigenvalue weighted by molar-refractivity contribution is 0.0948. The lowest BCUT2D eigenvalue weighted by Gasteiger charge is -2.03. The summed E-state index contributed by atoms with van der Waals surface area (Å²) in [6.07, 6.45) is 2.10. The number of pyridine rings is 1. The number of aromatic nitrogens is 1. The van der Waals surface area contributed by atoms with Crippen LogP contribution in [0.1, 0.15) is 29.8 Å². The number of rotatable bonds is 5. The van der Waals surface area contributed by atoms with Gasteiger partial charge in [0.2, 0.25) is 0 Å². The second-order valence-corrected chi connectivity index (χ2v) is 3.60. The van der Waals surface area contributed by atoms with Gasteiger partial charge in [0.1, 0.15) is 10.8 Å². The molecule has 0 saturated carbocycles. The van der Waals surface area contributed by atoms with Crippen LogP contribution in [0.25, 0.3) is 0 Å². The molecule has 0 unspecified atom stereocenters. The summed E-state index contributed by atoms with van der Waals surface area (Å²) in [4.78, 5) is 15.4. The van der Waals surface area contributed by atoms with Gasteiger partial charge in [-0.2, -0.15) is 5.26 Å². The second-order valence-electron chi connectivity index (χ2n) is 3.22. The average molecular weight is 238 g/mol. The van der Waals surface area contributed by atoms with Gasteiger partial charge in [-0.3, -0.25) is 4.79 Å². The molecule has 4 nitrogen and oxygen atoms in total. The number of nitrogens with one attached hydrogen (secondary N) is 1. The number of unbranched alkanes of at least 4 members (excludes halogenated alkanes) is 2. The largest absolute Gasteiger partial charge is 0.351 e. The Bertz CT molecular complexity index is 400. The van der Waals surface area contributed by atoms with E-state index < -0.39 is 0 Å². The van der Waals surface area contributed by atoms with Crippen LogP contribution in [-0.2, 0) is 0 Å². The van der Waals surface area contributed by atoms with Crippen molar-refractivity contribution in [2.24, 2.45) is 0 Å². The topological polar surface area (TPSA) is 65.8 Å². The number of amides is 1. The van der Waals surface area contributed by atoms with Crippen LogP contribution in [0.2, 0.25) is 5.15 Å². The molecule has 5 heteroatoms. The van der Waals surface area contributed by atoms with Gasteiger partial charge in [-0.15, -0.1) is 0 Å². The highest BCUT2D eigenvalue weighted by molar-refractivity contribution is 6.29. The summed E-state index contributed by atoms with van der Waals surface area (Å²) in [6, 6.07) is 6.96. The third kappa shape index (κ3) is 4.28. The monoisotopic (exact) mass is 237 g/mol. The molecule has 1 aromatic rings. The Morgan fingerprint density at radius 3 is 3.00 bits per heavy atom. The fourth-order valence-corrected chi connectivity index (χ4v) is 1.32. The molecular weight excluding hydrogens is 226 g/mol. The van der Waals surface area contributed by atoms with Crippen molar-refractivity contribution in [1.82, 2.24) is 10.3 Å². The van der Waals surface area contributed by atoms with Gasteiger partial charge in [0.25, 0.3) is 5.91 Å². The maximum absolute atomic E-state index is 11.5. The van der Waals surface area contributed by atoms with Crippen LogP contribution in [0.5, 0.6) is 0 Å². The third-order valence-corrected chi connectivity index (χ3v) is 2.16. The predicted molar refractivity (Wildman–Crippen MR) is 61.0 cm³/mol. The molecule has 0 aliphatic carbocycles. The van der Waals surface area contributed by atoms with Crippen molar-refractivity contribution in [3.8, 4) is 6.07 Å². The number of hydrogen-bond acceptors (Lipinski definition) is 3. The first kappa shape index (κ1) is 12.5. The average Bonchev–Trinajstić information content (AvgIpc) is 2.28. The molecule has 0 saturated heterocycles. The normalized spacial score (nSPS) is 9.50. The fourth-order valence-electron chi connectivity index (χ4n) is 1.16. The van der Waals surface area contributed by atoms with Crippen molar-refractivity contribution in [1.29, 1.82) is 5.26 Å². The summed E-state index contributed by atoms with van der Waals surface area (Å²) < 4.78 is 0. The molecule has 0 atom stereocenters. The Morgan fingerprint density at radius 2 is 2.31 bits per heavy atom. The Balaban J connectivity index is 2.33. The summed E-state index contributed by atoms with van der Waals surface area (Å²) in [6.45, 7) is 0.550. The molecule has 1 heterocycles. The first-order chi connectivity index (χ1) is 7.74. The summed E-state index contributed by atoms with van der Waals surface area (Å²) in [5, 5.41) is 11.3. The molecule has 1 aromatic heterocycles. The first-order valence-corrected chi connectivity index (χ1v) is 5.39. The van der Waals surface area contributed by atoms with E-state index in [0.717, 1.165) is 12.8 Å². The zero-order chi connectivity index (χ0) is 11.8. The molecular formula is C11H12ClN3O. The quantitative estimate of drug-likeness (QED) is 0.630. The number of nitrogens with zero attached hydrogens (tertiary/aromatic N) is 2. The minimum atomic E-state index is -0.237. The van der Waals surface area contributed by atoms with E-state index in [1.807, 2.05) is 0 Å². The van der Waals surface area contributed by atoms with Gasteiger partial charge in [0, 0.05) is 13.0 Å². The van der Waals surface area contributed by atoms with Crippen molar-refractivity contribution in [3.05, 3.63) is 29.0 Å². The van der Waals surface area contributed by atoms with Gasteiger partial charge in [0.05, 0.1) is 6.07 Å². The zero-order valence-corrected chi connectivity index (χ0v) is 9.50. The van der Waals surface area contributed by atoms with E-state index in [-0.39, 0.29) is 5.91 Å². The lowest BCUT2D eigenvalue weighted by atomic mass is 10.2. The molecule has 1 rings (SSSR count). The Morgan fingerprint density at radius 1 is 1.50 bits per heavy atom. The van der Waals surface area contributed by atoms with Crippen LogP contribution >= 0.6 is 11.6 Å². The highest BCUT2D eigenvalue weighted by Crippen LogP contribution is 2.04. The predicted octanol–water partition coefficient (Wildman–Crippen LogP) is 2.16. The van der Waals surface area contributed by atoms with Crippen molar-refractivity contribution in [3.63, 3.8) is 0 Å². The minimum Gasteiger partial charge on any atom is -0.351 e. The van der Waals surface area contributed by atoms with Gasteiger partial charge in [-0.1, -0.05) is 17.7 Å². The van der Waals surface area contributed by atoms with E-state index in [9.17, 15) is 4.79 Å². The van der Waals surface area contributed by atoms with Crippen molar-refractivity contribution in [2.45, 2.75) is 19.3 Å². The molecule has 16 heavy (non-hydrogen) atoms. The summed E-state index contributed by atoms with van der Waals surface area (Å²) >= 11 is 5.66. The highest BCUT2D eigenvalue weighted by Gasteiger charge is 2.05. The standard InChI is InChI=1S/C11H12ClN3O/c12-10-6-4-5-9(15-10)11(16)14-8-3-1-2-7-13/h4-6H,1-3,8H2,(H,14,16). The molecule has 0 aliphatic heterocycles. The maximum atomic E-state index is 11.5. The van der Waals surface area contributed by atoms with Crippen LogP contribution < -0.4 is 5.32 Å². The van der Waals surface area contributed by atoms with Gasteiger partial charge >= 0.3 is 0 Å². The second kappa shape index (κ2) is 6.81. The van der Waals surface area contributed by atoms with Crippen LogP contribution in [0.15, 0.2) is 18.2 Å². The Hall–Kier alpha value is -1.60. The van der Waals surface area contributed by atoms with E-state index in [0.29, 0.717) is 23.8 Å². The Labute approximate surface area is 99.2 Å². The zero-order valence-electron chi connectivity index (χ0n) is 8.74. The molecule has 0 fully saturated rings. The number of carbonyl (C=O) groups excluding carboxylic acids is 1. The number of hydrogen-bond donors (Lipinski definition) is 1. The molecule has 0 aromatic carbocycles. The van der Waals surface area contributed by atoms with Crippen molar-refractivity contribution >= 4 is 17.5 Å². The summed E-state index contributed by atoms with van der Waals surface area (Å²) in [7, 11) is 0. The van der Waals surface area contributed by atoms with Gasteiger partial charge in [-0.05, 0) is 25.0 Å². The number of carbonyl (C=O) groups is 1. The van der Waals surface area contributed by atoms with Crippen LogP contribution in [-0.4, -0.2) is 17.4 Å². The number of halogens is 1. The van der Waals surface area contributed by atoms with E-state index in [1.54, 1.807) is 18.2 Å². The van der Waals surface area contributed by atoms with E-state index in [2.05, 4.69) is 16.4 Å². The molecule has 0 aliphatic rings. The maximum Gasteiger partial charge on any atom is 0.269 e. The van der Waals surface area contributed by atoms with Gasteiger partial charge in [0.15, 0.2) is 0 Å². The van der Waals surface area contributed by atoms with Crippen LogP contribution in [0, 0.1) is 11.3 Å². The van der Waals surface area contributed by atoms with Crippen LogP contribution in [0.4, 0.5) is 0 Å². The minimum absolute atomic E-state index is 0.237. The summed E-state index contributed by atoms with van der Waals surface area (Å²) in [5.74, 6) is -0.237. The van der Waals surface area contributed by atoms with Crippen molar-refractivity contribution in [2.75, 3.05) is 6.54 Å². The van der Waals surface area contributed by atoms with Crippen LogP contribution in [0.3, 0.4) is 0 Å². The fraction of sp³-hybridized carbons (Fsp3) is 0.364. The Kier molecular flexibility index (Phi) is 5.30. The van der Waals surface area contributed by atoms with E-state index >= 15 is 0 Å². The first-order valence-electron chi connectivity index (χ1n) is 5.02. The van der Waals surface area contributed by atoms with E-state index in [4.69, 9.17) is 16.9 Å². The molecule has 84 valence electrons. The smallest absolute Gasteiger partial charge is 0.269 e. The SMILES string of the molecule is N#CCCCCNC(=O)c1cccc(Cl)n1. The van der Waals surface area contributed by atoms with Gasteiger partial charge < -0.3 is 5.32 Å². The van der Waals surface area contributed by atoms with E-state index in [1.165, 1.54) is 0 Å². The third-order valence-electron chi connectivity index (χ3n) is 1.95. The van der Waals surface area contributed by atoms with Gasteiger partial charge in [-0.25, -0.2) is 4.98 Å². The molecule has 0 spiro atoms. The molecule has 0 radical (unpaired) electrons. The van der Waals surface area contributed by atoms with Crippen molar-refractivity contribution < 1.29 is 4.79 Å². The number of nitriles is 1. The lowest BCUT2D eigenvalue weighted by Crippen LogP contribution is -2.25. The molecule has 0 bridgehead atoms. The summed E-state index contributed by atoms with van der Waals surface area (Å²) in [5.41, 5.74) is 0.313.